The Balaban J connectivity index is 2.74. The maximum absolute atomic E-state index is 8.96. The second kappa shape index (κ2) is 7.97. The average molecular weight is 254 g/mol. The smallest absolute Gasteiger partial charge is 0.144 e. The summed E-state index contributed by atoms with van der Waals surface area (Å²) < 4.78 is 0. The fraction of sp³-hybridized carbons (Fsp3) is 0.667. The Morgan fingerprint density at radius 1 is 1.22 bits per heavy atom. The average Bonchev–Trinajstić information content (AvgIpc) is 2.29. The van der Waals surface area contributed by atoms with E-state index < -0.39 is 0 Å². The van der Waals surface area contributed by atoms with E-state index in [4.69, 9.17) is 10.2 Å². The largest absolute Gasteiger partial charge is 0.395 e. The zero-order valence-electron chi connectivity index (χ0n) is 11.1. The van der Waals surface area contributed by atoms with Gasteiger partial charge in [-0.25, -0.2) is 9.97 Å². The van der Waals surface area contributed by atoms with Gasteiger partial charge in [-0.2, -0.15) is 0 Å². The van der Waals surface area contributed by atoms with Gasteiger partial charge in [0.2, 0.25) is 0 Å². The summed E-state index contributed by atoms with van der Waals surface area (Å²) in [4.78, 5) is 10.7. The number of anilines is 1. The Morgan fingerprint density at radius 2 is 1.89 bits per heavy atom. The van der Waals surface area contributed by atoms with Gasteiger partial charge in [0.05, 0.1) is 19.8 Å². The van der Waals surface area contributed by atoms with Crippen LogP contribution in [0, 0.1) is 6.92 Å². The number of hydrogen-bond acceptors (Lipinski definition) is 6. The van der Waals surface area contributed by atoms with Crippen molar-refractivity contribution in [3.8, 4) is 0 Å². The Morgan fingerprint density at radius 3 is 2.44 bits per heavy atom. The lowest BCUT2D eigenvalue weighted by Crippen LogP contribution is -2.30. The van der Waals surface area contributed by atoms with Gasteiger partial charge < -0.3 is 15.5 Å². The van der Waals surface area contributed by atoms with Gasteiger partial charge in [-0.1, -0.05) is 0 Å². The quantitative estimate of drug-likeness (QED) is 0.606. The minimum atomic E-state index is 0.0614. The van der Waals surface area contributed by atoms with Gasteiger partial charge >= 0.3 is 0 Å². The summed E-state index contributed by atoms with van der Waals surface area (Å²) in [6.07, 6.45) is 0. The van der Waals surface area contributed by atoms with Crippen molar-refractivity contribution in [1.82, 2.24) is 14.9 Å². The predicted octanol–water partition coefficient (Wildman–Crippen LogP) is 0.00342. The summed E-state index contributed by atoms with van der Waals surface area (Å²) in [6, 6.07) is 1.90. The molecule has 0 unspecified atom stereocenters. The van der Waals surface area contributed by atoms with Crippen molar-refractivity contribution in [3.05, 3.63) is 17.6 Å². The van der Waals surface area contributed by atoms with Crippen LogP contribution in [0.4, 0.5) is 5.82 Å². The van der Waals surface area contributed by atoms with Crippen molar-refractivity contribution in [2.45, 2.75) is 20.4 Å². The van der Waals surface area contributed by atoms with Crippen LogP contribution in [0.15, 0.2) is 6.07 Å². The minimum absolute atomic E-state index is 0.0614. The normalized spacial score (nSPS) is 10.9. The minimum Gasteiger partial charge on any atom is -0.395 e. The van der Waals surface area contributed by atoms with Crippen LogP contribution in [0.3, 0.4) is 0 Å². The van der Waals surface area contributed by atoms with E-state index in [1.807, 2.05) is 24.8 Å². The third-order valence-electron chi connectivity index (χ3n) is 2.46. The number of aromatic nitrogens is 2. The first kappa shape index (κ1) is 14.8. The van der Waals surface area contributed by atoms with Crippen LogP contribution in [0.25, 0.3) is 0 Å². The van der Waals surface area contributed by atoms with E-state index in [0.717, 1.165) is 18.1 Å². The zero-order chi connectivity index (χ0) is 13.4. The van der Waals surface area contributed by atoms with Gasteiger partial charge in [0.25, 0.3) is 0 Å². The van der Waals surface area contributed by atoms with Crippen LogP contribution in [0.1, 0.15) is 18.4 Å². The van der Waals surface area contributed by atoms with Crippen LogP contribution < -0.4 is 5.32 Å². The maximum Gasteiger partial charge on any atom is 0.144 e. The molecule has 3 N–H and O–H groups in total. The van der Waals surface area contributed by atoms with E-state index >= 15 is 0 Å². The molecule has 6 heteroatoms. The van der Waals surface area contributed by atoms with Crippen molar-refractivity contribution < 1.29 is 10.2 Å². The summed E-state index contributed by atoms with van der Waals surface area (Å²) in [5.41, 5.74) is 0.906. The fourth-order valence-electron chi connectivity index (χ4n) is 1.73. The number of aliphatic hydroxyl groups is 2. The van der Waals surface area contributed by atoms with Crippen molar-refractivity contribution >= 4 is 5.82 Å². The molecular formula is C12H22N4O2. The zero-order valence-corrected chi connectivity index (χ0v) is 11.1. The second-order valence-electron chi connectivity index (χ2n) is 4.06. The Bertz CT molecular complexity index is 354. The molecule has 1 aromatic heterocycles. The number of aryl methyl sites for hydroxylation is 1. The first-order valence-corrected chi connectivity index (χ1v) is 6.22. The highest BCUT2D eigenvalue weighted by molar-refractivity contribution is 5.35. The monoisotopic (exact) mass is 254 g/mol. The SMILES string of the molecule is CCNc1cc(C)nc(CN(CCO)CCO)n1. The fourth-order valence-corrected chi connectivity index (χ4v) is 1.73. The van der Waals surface area contributed by atoms with Gasteiger partial charge in [-0.15, -0.1) is 0 Å². The maximum atomic E-state index is 8.96. The molecule has 0 aromatic carbocycles. The molecule has 1 aromatic rings. The standard InChI is InChI=1S/C12H22N4O2/c1-3-13-11-8-10(2)14-12(15-11)9-16(4-6-17)5-7-18/h8,17-18H,3-7,9H2,1-2H3,(H,13,14,15). The summed E-state index contributed by atoms with van der Waals surface area (Å²) in [7, 11) is 0. The Kier molecular flexibility index (Phi) is 6.56. The molecule has 0 amide bonds. The molecule has 0 atom stereocenters. The molecule has 0 aliphatic heterocycles. The van der Waals surface area contributed by atoms with Crippen LogP contribution >= 0.6 is 0 Å². The summed E-state index contributed by atoms with van der Waals surface area (Å²) in [5.74, 6) is 1.51. The number of nitrogens with one attached hydrogen (secondary N) is 1. The lowest BCUT2D eigenvalue weighted by atomic mass is 10.3. The van der Waals surface area contributed by atoms with Crippen LogP contribution in [-0.2, 0) is 6.54 Å². The van der Waals surface area contributed by atoms with Gasteiger partial charge in [-0.05, 0) is 13.8 Å². The first-order chi connectivity index (χ1) is 8.69. The number of hydrogen-bond donors (Lipinski definition) is 3. The highest BCUT2D eigenvalue weighted by Gasteiger charge is 2.08. The molecule has 0 radical (unpaired) electrons. The van der Waals surface area contributed by atoms with Gasteiger partial charge in [0, 0.05) is 31.4 Å². The molecule has 1 rings (SSSR count). The van der Waals surface area contributed by atoms with Gasteiger partial charge in [-0.3, -0.25) is 4.90 Å². The summed E-state index contributed by atoms with van der Waals surface area (Å²) in [6.45, 7) is 6.42. The number of rotatable bonds is 8. The second-order valence-corrected chi connectivity index (χ2v) is 4.06. The molecule has 1 heterocycles. The van der Waals surface area contributed by atoms with Crippen LogP contribution in [-0.4, -0.2) is 57.9 Å². The van der Waals surface area contributed by atoms with E-state index in [1.54, 1.807) is 0 Å². The molecule has 0 aliphatic rings. The van der Waals surface area contributed by atoms with Gasteiger partial charge in [0.15, 0.2) is 0 Å². The summed E-state index contributed by atoms with van der Waals surface area (Å²) in [5, 5.41) is 21.1. The topological polar surface area (TPSA) is 81.5 Å². The van der Waals surface area contributed by atoms with Crippen molar-refractivity contribution in [2.75, 3.05) is 38.2 Å². The first-order valence-electron chi connectivity index (χ1n) is 6.22. The Hall–Kier alpha value is -1.24. The van der Waals surface area contributed by atoms with Crippen molar-refractivity contribution in [3.63, 3.8) is 0 Å². The van der Waals surface area contributed by atoms with E-state index in [9.17, 15) is 0 Å². The van der Waals surface area contributed by atoms with Crippen molar-refractivity contribution in [1.29, 1.82) is 0 Å². The molecule has 0 aliphatic carbocycles. The molecule has 102 valence electrons. The third kappa shape index (κ3) is 4.95. The van der Waals surface area contributed by atoms with Crippen LogP contribution in [0.5, 0.6) is 0 Å². The molecule has 18 heavy (non-hydrogen) atoms. The number of nitrogens with zero attached hydrogens (tertiary/aromatic N) is 3. The van der Waals surface area contributed by atoms with E-state index in [2.05, 4.69) is 15.3 Å². The molecule has 0 spiro atoms. The molecule has 0 bridgehead atoms. The third-order valence-corrected chi connectivity index (χ3v) is 2.46. The molecular weight excluding hydrogens is 232 g/mol. The molecule has 0 saturated heterocycles. The van der Waals surface area contributed by atoms with Crippen molar-refractivity contribution in [2.24, 2.45) is 0 Å². The highest BCUT2D eigenvalue weighted by Crippen LogP contribution is 2.07. The molecule has 0 fully saturated rings. The summed E-state index contributed by atoms with van der Waals surface area (Å²) >= 11 is 0. The molecule has 6 nitrogen and oxygen atoms in total. The number of aliphatic hydroxyl groups excluding tert-OH is 2. The van der Waals surface area contributed by atoms with E-state index in [1.165, 1.54) is 0 Å². The van der Waals surface area contributed by atoms with Gasteiger partial charge in [0.1, 0.15) is 11.6 Å². The molecule has 0 saturated carbocycles. The Labute approximate surface area is 108 Å². The lowest BCUT2D eigenvalue weighted by Gasteiger charge is -2.19. The lowest BCUT2D eigenvalue weighted by molar-refractivity contribution is 0.153. The van der Waals surface area contributed by atoms with E-state index in [0.29, 0.717) is 25.5 Å². The van der Waals surface area contributed by atoms with E-state index in [-0.39, 0.29) is 13.2 Å². The highest BCUT2D eigenvalue weighted by atomic mass is 16.3. The van der Waals surface area contributed by atoms with Crippen LogP contribution in [0.2, 0.25) is 0 Å². The predicted molar refractivity (Wildman–Crippen MR) is 70.4 cm³/mol.